The van der Waals surface area contributed by atoms with Gasteiger partial charge in [-0.2, -0.15) is 14.9 Å². The van der Waals surface area contributed by atoms with Crippen LogP contribution in [0.1, 0.15) is 34.7 Å². The van der Waals surface area contributed by atoms with Crippen molar-refractivity contribution >= 4 is 11.7 Å². The molecule has 126 valence electrons. The molecule has 0 saturated heterocycles. The number of carbonyl (C=O) groups is 1. The number of hydrogen-bond acceptors (Lipinski definition) is 4. The third-order valence-electron chi connectivity index (χ3n) is 4.55. The van der Waals surface area contributed by atoms with Crippen LogP contribution >= 0.6 is 0 Å². The molecule has 2 aromatic heterocycles. The van der Waals surface area contributed by atoms with Gasteiger partial charge in [0.15, 0.2) is 5.82 Å². The summed E-state index contributed by atoms with van der Waals surface area (Å²) in [4.78, 5) is 23.6. The smallest absolute Gasteiger partial charge is 0.264 e. The van der Waals surface area contributed by atoms with Crippen molar-refractivity contribution < 1.29 is 4.79 Å². The van der Waals surface area contributed by atoms with E-state index in [0.29, 0.717) is 18.1 Å². The topological polar surface area (TPSA) is 92.7 Å². The van der Waals surface area contributed by atoms with E-state index in [0.717, 1.165) is 22.4 Å². The Balaban J connectivity index is 1.91. The SMILES string of the molecule is Cc1ccccc1[C@H]1CC(=O)Nc2c1c(C)nn2-c1ccc(=O)[nH]n1. The number of aromatic nitrogens is 4. The highest BCUT2D eigenvalue weighted by molar-refractivity contribution is 5.95. The lowest BCUT2D eigenvalue weighted by molar-refractivity contribution is -0.116. The number of hydrogen-bond donors (Lipinski definition) is 2. The van der Waals surface area contributed by atoms with Gasteiger partial charge in [0.1, 0.15) is 5.82 Å². The highest BCUT2D eigenvalue weighted by Gasteiger charge is 2.33. The molecule has 2 N–H and O–H groups in total. The molecule has 0 fully saturated rings. The largest absolute Gasteiger partial charge is 0.310 e. The fourth-order valence-electron chi connectivity index (χ4n) is 3.41. The molecule has 0 radical (unpaired) electrons. The Hall–Kier alpha value is -3.22. The summed E-state index contributed by atoms with van der Waals surface area (Å²) in [5, 5.41) is 13.9. The number of nitrogens with one attached hydrogen (secondary N) is 2. The second-order valence-corrected chi connectivity index (χ2v) is 6.20. The van der Waals surface area contributed by atoms with Gasteiger partial charge >= 0.3 is 0 Å². The fourth-order valence-corrected chi connectivity index (χ4v) is 3.41. The molecule has 0 aliphatic carbocycles. The summed E-state index contributed by atoms with van der Waals surface area (Å²) >= 11 is 0. The zero-order valence-electron chi connectivity index (χ0n) is 13.9. The first-order valence-corrected chi connectivity index (χ1v) is 8.05. The Morgan fingerprint density at radius 1 is 1.12 bits per heavy atom. The molecule has 4 rings (SSSR count). The number of rotatable bonds is 2. The predicted octanol–water partition coefficient (Wildman–Crippen LogP) is 2.05. The summed E-state index contributed by atoms with van der Waals surface area (Å²) in [5.74, 6) is 0.948. The van der Waals surface area contributed by atoms with Crippen molar-refractivity contribution in [2.24, 2.45) is 0 Å². The van der Waals surface area contributed by atoms with E-state index in [4.69, 9.17) is 0 Å². The molecule has 3 aromatic rings. The number of H-pyrrole nitrogens is 1. The van der Waals surface area contributed by atoms with E-state index in [2.05, 4.69) is 26.7 Å². The van der Waals surface area contributed by atoms with Crippen LogP contribution in [-0.2, 0) is 4.79 Å². The molecule has 7 heteroatoms. The minimum absolute atomic E-state index is 0.0542. The number of amides is 1. The Morgan fingerprint density at radius 3 is 2.64 bits per heavy atom. The maximum absolute atomic E-state index is 12.3. The first-order chi connectivity index (χ1) is 12.0. The van der Waals surface area contributed by atoms with Crippen LogP contribution in [0.15, 0.2) is 41.2 Å². The average molecular weight is 335 g/mol. The minimum atomic E-state index is -0.289. The summed E-state index contributed by atoms with van der Waals surface area (Å²) in [6.07, 6.45) is 0.378. The lowest BCUT2D eigenvalue weighted by Crippen LogP contribution is -2.25. The van der Waals surface area contributed by atoms with E-state index >= 15 is 0 Å². The van der Waals surface area contributed by atoms with Crippen molar-refractivity contribution in [1.82, 2.24) is 20.0 Å². The third-order valence-corrected chi connectivity index (χ3v) is 4.55. The zero-order chi connectivity index (χ0) is 17.6. The van der Waals surface area contributed by atoms with Crippen molar-refractivity contribution in [3.05, 3.63) is 69.1 Å². The number of benzene rings is 1. The summed E-state index contributed by atoms with van der Waals surface area (Å²) in [6, 6.07) is 11.0. The van der Waals surface area contributed by atoms with Crippen molar-refractivity contribution in [2.45, 2.75) is 26.2 Å². The van der Waals surface area contributed by atoms with Gasteiger partial charge in [0.05, 0.1) is 5.69 Å². The molecule has 1 aliphatic heterocycles. The second kappa shape index (κ2) is 5.70. The molecule has 1 aromatic carbocycles. The first-order valence-electron chi connectivity index (χ1n) is 8.05. The molecule has 7 nitrogen and oxygen atoms in total. The van der Waals surface area contributed by atoms with Gasteiger partial charge in [0.25, 0.3) is 5.56 Å². The lowest BCUT2D eigenvalue weighted by Gasteiger charge is -2.25. The number of fused-ring (bicyclic) bond motifs is 1. The quantitative estimate of drug-likeness (QED) is 0.749. The monoisotopic (exact) mass is 335 g/mol. The standard InChI is InChI=1S/C18H17N5O2/c1-10-5-3-4-6-12(10)13-9-16(25)19-18-17(13)11(2)22-23(18)14-7-8-15(24)21-20-14/h3-8,13H,9H2,1-2H3,(H,19,25)(H,21,24)/t13-/m1/s1. The van der Waals surface area contributed by atoms with Crippen LogP contribution in [-0.4, -0.2) is 25.9 Å². The molecule has 1 amide bonds. The zero-order valence-corrected chi connectivity index (χ0v) is 13.9. The number of nitrogens with zero attached hydrogens (tertiary/aromatic N) is 3. The van der Waals surface area contributed by atoms with Gasteiger partial charge in [-0.25, -0.2) is 5.10 Å². The van der Waals surface area contributed by atoms with Crippen molar-refractivity contribution in [1.29, 1.82) is 0 Å². The van der Waals surface area contributed by atoms with Gasteiger partial charge in [-0.1, -0.05) is 24.3 Å². The Kier molecular flexibility index (Phi) is 3.49. The Morgan fingerprint density at radius 2 is 1.92 bits per heavy atom. The van der Waals surface area contributed by atoms with E-state index < -0.39 is 0 Å². The average Bonchev–Trinajstić information content (AvgIpc) is 2.92. The van der Waals surface area contributed by atoms with Gasteiger partial charge in [-0.3, -0.25) is 9.59 Å². The van der Waals surface area contributed by atoms with Crippen LogP contribution in [0.25, 0.3) is 5.82 Å². The minimum Gasteiger partial charge on any atom is -0.310 e. The normalized spacial score (nSPS) is 16.4. The van der Waals surface area contributed by atoms with Crippen LogP contribution in [0.4, 0.5) is 5.82 Å². The van der Waals surface area contributed by atoms with Crippen molar-refractivity contribution in [3.8, 4) is 5.82 Å². The second-order valence-electron chi connectivity index (χ2n) is 6.20. The summed E-state index contributed by atoms with van der Waals surface area (Å²) in [6.45, 7) is 3.97. The molecule has 0 spiro atoms. The van der Waals surface area contributed by atoms with E-state index in [-0.39, 0.29) is 17.4 Å². The Labute approximate surface area is 143 Å². The van der Waals surface area contributed by atoms with Gasteiger partial charge < -0.3 is 5.32 Å². The number of aromatic amines is 1. The van der Waals surface area contributed by atoms with Crippen molar-refractivity contribution in [3.63, 3.8) is 0 Å². The third kappa shape index (κ3) is 2.53. The van der Waals surface area contributed by atoms with Gasteiger partial charge in [-0.15, -0.1) is 0 Å². The maximum atomic E-state index is 12.3. The van der Waals surface area contributed by atoms with Crippen LogP contribution in [0.5, 0.6) is 0 Å². The highest BCUT2D eigenvalue weighted by Crippen LogP contribution is 2.40. The predicted molar refractivity (Wildman–Crippen MR) is 93.0 cm³/mol. The lowest BCUT2D eigenvalue weighted by atomic mass is 9.84. The van der Waals surface area contributed by atoms with E-state index in [1.807, 2.05) is 32.0 Å². The summed E-state index contributed by atoms with van der Waals surface area (Å²) < 4.78 is 1.57. The molecule has 1 atom stereocenters. The van der Waals surface area contributed by atoms with Crippen LogP contribution < -0.4 is 10.9 Å². The highest BCUT2D eigenvalue weighted by atomic mass is 16.1. The van der Waals surface area contributed by atoms with E-state index in [9.17, 15) is 9.59 Å². The van der Waals surface area contributed by atoms with Gasteiger partial charge in [-0.05, 0) is 31.0 Å². The van der Waals surface area contributed by atoms with Crippen molar-refractivity contribution in [2.75, 3.05) is 5.32 Å². The molecule has 0 saturated carbocycles. The maximum Gasteiger partial charge on any atom is 0.264 e. The summed E-state index contributed by atoms with van der Waals surface area (Å²) in [7, 11) is 0. The fraction of sp³-hybridized carbons (Fsp3) is 0.222. The molecular weight excluding hydrogens is 318 g/mol. The number of aryl methyl sites for hydroxylation is 2. The molecular formula is C18H17N5O2. The molecule has 0 bridgehead atoms. The van der Waals surface area contributed by atoms with Gasteiger partial charge in [0.2, 0.25) is 5.91 Å². The molecule has 3 heterocycles. The molecule has 1 aliphatic rings. The van der Waals surface area contributed by atoms with Crippen LogP contribution in [0, 0.1) is 13.8 Å². The number of anilines is 1. The first kappa shape index (κ1) is 15.3. The number of carbonyl (C=O) groups excluding carboxylic acids is 1. The summed E-state index contributed by atoms with van der Waals surface area (Å²) in [5.41, 5.74) is 3.79. The molecule has 0 unspecified atom stereocenters. The molecule has 25 heavy (non-hydrogen) atoms. The van der Waals surface area contributed by atoms with E-state index in [1.165, 1.54) is 6.07 Å². The Bertz CT molecular complexity index is 1010. The van der Waals surface area contributed by atoms with Gasteiger partial charge in [0, 0.05) is 24.0 Å². The van der Waals surface area contributed by atoms with E-state index in [1.54, 1.807) is 10.7 Å². The van der Waals surface area contributed by atoms with Crippen LogP contribution in [0.3, 0.4) is 0 Å². The van der Waals surface area contributed by atoms with Crippen LogP contribution in [0.2, 0.25) is 0 Å².